The van der Waals surface area contributed by atoms with Gasteiger partial charge in [-0.2, -0.15) is 0 Å². The second-order valence-corrected chi connectivity index (χ2v) is 6.34. The molecule has 0 heterocycles. The zero-order chi connectivity index (χ0) is 8.68. The van der Waals surface area contributed by atoms with Crippen LogP contribution < -0.4 is 0 Å². The Morgan fingerprint density at radius 1 is 1.15 bits per heavy atom. The van der Waals surface area contributed by atoms with Crippen LogP contribution >= 0.6 is 0 Å². The van der Waals surface area contributed by atoms with Gasteiger partial charge in [0, 0.05) is 6.61 Å². The highest BCUT2D eigenvalue weighted by Gasteiger charge is 2.73. The summed E-state index contributed by atoms with van der Waals surface area (Å²) in [6.45, 7) is 0.492. The predicted molar refractivity (Wildman–Crippen MR) is 50.1 cm³/mol. The van der Waals surface area contributed by atoms with Gasteiger partial charge in [0.2, 0.25) is 0 Å². The Bertz CT molecular complexity index is 270. The van der Waals surface area contributed by atoms with Crippen LogP contribution in [0.1, 0.15) is 38.5 Å². The van der Waals surface area contributed by atoms with Crippen molar-refractivity contribution in [3.8, 4) is 0 Å². The standard InChI is InChI=1S/C12H18O/c13-7-12-4-8-1-2-11(3-8)5-9(6-12)10(11)12/h8-10,13H,1-7H2. The zero-order valence-corrected chi connectivity index (χ0v) is 8.13. The summed E-state index contributed by atoms with van der Waals surface area (Å²) in [5, 5.41) is 9.57. The lowest BCUT2D eigenvalue weighted by Gasteiger charge is -2.73. The topological polar surface area (TPSA) is 20.2 Å². The molecule has 5 unspecified atom stereocenters. The smallest absolute Gasteiger partial charge is 0.0490 e. The molecule has 0 aliphatic heterocycles. The average molecular weight is 178 g/mol. The molecule has 1 nitrogen and oxygen atoms in total. The van der Waals surface area contributed by atoms with Gasteiger partial charge in [-0.25, -0.2) is 0 Å². The number of hydrogen-bond acceptors (Lipinski definition) is 1. The quantitative estimate of drug-likeness (QED) is 0.652. The first-order chi connectivity index (χ1) is 6.28. The van der Waals surface area contributed by atoms with E-state index in [4.69, 9.17) is 0 Å². The molecule has 4 fully saturated rings. The van der Waals surface area contributed by atoms with Crippen LogP contribution in [-0.2, 0) is 0 Å². The summed E-state index contributed by atoms with van der Waals surface area (Å²) >= 11 is 0. The Morgan fingerprint density at radius 2 is 2.08 bits per heavy atom. The third-order valence-electron chi connectivity index (χ3n) is 5.88. The van der Waals surface area contributed by atoms with Crippen LogP contribution in [0.15, 0.2) is 0 Å². The maximum Gasteiger partial charge on any atom is 0.0490 e. The maximum atomic E-state index is 9.57. The summed E-state index contributed by atoms with van der Waals surface area (Å²) in [4.78, 5) is 0. The van der Waals surface area contributed by atoms with Crippen molar-refractivity contribution in [2.24, 2.45) is 28.6 Å². The first-order valence-electron chi connectivity index (χ1n) is 5.89. The molecule has 0 saturated heterocycles. The fraction of sp³-hybridized carbons (Fsp3) is 1.00. The monoisotopic (exact) mass is 178 g/mol. The molecule has 5 atom stereocenters. The minimum atomic E-state index is 0.433. The van der Waals surface area contributed by atoms with Gasteiger partial charge in [-0.3, -0.25) is 0 Å². The van der Waals surface area contributed by atoms with Crippen LogP contribution in [0, 0.1) is 28.6 Å². The molecule has 1 spiro atoms. The highest BCUT2D eigenvalue weighted by atomic mass is 16.3. The number of rotatable bonds is 1. The van der Waals surface area contributed by atoms with Crippen LogP contribution in [0.2, 0.25) is 0 Å². The third kappa shape index (κ3) is 0.587. The molecule has 0 radical (unpaired) electrons. The fourth-order valence-corrected chi connectivity index (χ4v) is 5.86. The van der Waals surface area contributed by atoms with E-state index in [9.17, 15) is 5.11 Å². The predicted octanol–water partition coefficient (Wildman–Crippen LogP) is 2.20. The molecule has 4 rings (SSSR count). The van der Waals surface area contributed by atoms with E-state index in [-0.39, 0.29) is 0 Å². The van der Waals surface area contributed by atoms with Crippen molar-refractivity contribution in [1.82, 2.24) is 0 Å². The Hall–Kier alpha value is -0.0400. The van der Waals surface area contributed by atoms with E-state index in [1.54, 1.807) is 0 Å². The lowest BCUT2D eigenvalue weighted by molar-refractivity contribution is -0.259. The molecule has 1 heteroatoms. The van der Waals surface area contributed by atoms with Crippen LogP contribution in [0.25, 0.3) is 0 Å². The molecule has 1 N–H and O–H groups in total. The van der Waals surface area contributed by atoms with Crippen LogP contribution in [0.5, 0.6) is 0 Å². The molecular weight excluding hydrogens is 160 g/mol. The molecule has 4 saturated carbocycles. The van der Waals surface area contributed by atoms with E-state index in [1.165, 1.54) is 38.5 Å². The van der Waals surface area contributed by atoms with E-state index in [2.05, 4.69) is 0 Å². The van der Waals surface area contributed by atoms with Crippen LogP contribution in [0.3, 0.4) is 0 Å². The van der Waals surface area contributed by atoms with Gasteiger partial charge in [-0.15, -0.1) is 0 Å². The van der Waals surface area contributed by atoms with Crippen molar-refractivity contribution < 1.29 is 5.11 Å². The first-order valence-corrected chi connectivity index (χ1v) is 5.89. The molecule has 0 aromatic heterocycles. The molecule has 4 aliphatic carbocycles. The first kappa shape index (κ1) is 7.28. The maximum absolute atomic E-state index is 9.57. The van der Waals surface area contributed by atoms with Crippen LogP contribution in [0.4, 0.5) is 0 Å². The van der Waals surface area contributed by atoms with E-state index in [0.717, 1.165) is 23.2 Å². The van der Waals surface area contributed by atoms with Crippen molar-refractivity contribution in [3.63, 3.8) is 0 Å². The lowest BCUT2D eigenvalue weighted by Crippen LogP contribution is -2.67. The van der Waals surface area contributed by atoms with Crippen molar-refractivity contribution in [2.45, 2.75) is 38.5 Å². The average Bonchev–Trinajstić information content (AvgIpc) is 2.43. The minimum Gasteiger partial charge on any atom is -0.396 e. The molecule has 4 aliphatic rings. The summed E-state index contributed by atoms with van der Waals surface area (Å²) in [5.41, 5.74) is 1.19. The Kier molecular flexibility index (Phi) is 1.03. The van der Waals surface area contributed by atoms with Crippen molar-refractivity contribution in [3.05, 3.63) is 0 Å². The molecule has 72 valence electrons. The van der Waals surface area contributed by atoms with Crippen LogP contribution in [-0.4, -0.2) is 11.7 Å². The van der Waals surface area contributed by atoms with E-state index >= 15 is 0 Å². The van der Waals surface area contributed by atoms with Gasteiger partial charge >= 0.3 is 0 Å². The number of hydrogen-bond donors (Lipinski definition) is 1. The summed E-state index contributed by atoms with van der Waals surface area (Å²) in [6.07, 6.45) is 8.76. The molecule has 0 amide bonds. The van der Waals surface area contributed by atoms with Gasteiger partial charge < -0.3 is 5.11 Å². The van der Waals surface area contributed by atoms with Crippen molar-refractivity contribution in [1.29, 1.82) is 0 Å². The molecule has 0 aromatic rings. The summed E-state index contributed by atoms with van der Waals surface area (Å²) in [5.74, 6) is 2.99. The summed E-state index contributed by atoms with van der Waals surface area (Å²) in [7, 11) is 0. The van der Waals surface area contributed by atoms with Gasteiger partial charge in [0.05, 0.1) is 0 Å². The highest BCUT2D eigenvalue weighted by molar-refractivity contribution is 5.22. The Morgan fingerprint density at radius 3 is 2.85 bits per heavy atom. The van der Waals surface area contributed by atoms with Gasteiger partial charge in [-0.05, 0) is 67.1 Å². The highest BCUT2D eigenvalue weighted by Crippen LogP contribution is 2.80. The van der Waals surface area contributed by atoms with E-state index in [0.29, 0.717) is 12.0 Å². The summed E-state index contributed by atoms with van der Waals surface area (Å²) in [6, 6.07) is 0. The van der Waals surface area contributed by atoms with Gasteiger partial charge in [-0.1, -0.05) is 0 Å². The second kappa shape index (κ2) is 1.84. The minimum absolute atomic E-state index is 0.433. The second-order valence-electron chi connectivity index (χ2n) is 6.34. The van der Waals surface area contributed by atoms with Crippen molar-refractivity contribution in [2.75, 3.05) is 6.61 Å². The number of aliphatic hydroxyl groups is 1. The SMILES string of the molecule is OCC12CC3CCC4(C3)CC(C1)C24. The Balaban J connectivity index is 1.78. The molecule has 13 heavy (non-hydrogen) atoms. The molecular formula is C12H18O. The molecule has 2 bridgehead atoms. The zero-order valence-electron chi connectivity index (χ0n) is 8.13. The van der Waals surface area contributed by atoms with E-state index < -0.39 is 0 Å². The number of fused-ring (bicyclic) bond motifs is 1. The van der Waals surface area contributed by atoms with Gasteiger partial charge in [0.25, 0.3) is 0 Å². The number of aliphatic hydroxyl groups excluding tert-OH is 1. The summed E-state index contributed by atoms with van der Waals surface area (Å²) < 4.78 is 0. The normalized spacial score (nSPS) is 66.7. The fourth-order valence-electron chi connectivity index (χ4n) is 5.86. The van der Waals surface area contributed by atoms with Gasteiger partial charge in [0.1, 0.15) is 0 Å². The molecule has 0 aromatic carbocycles. The largest absolute Gasteiger partial charge is 0.396 e. The van der Waals surface area contributed by atoms with Gasteiger partial charge in [0.15, 0.2) is 0 Å². The lowest BCUT2D eigenvalue weighted by atomic mass is 9.31. The Labute approximate surface area is 79.5 Å². The van der Waals surface area contributed by atoms with Crippen molar-refractivity contribution >= 4 is 0 Å². The van der Waals surface area contributed by atoms with E-state index in [1.807, 2.05) is 0 Å². The third-order valence-corrected chi connectivity index (χ3v) is 5.88.